The van der Waals surface area contributed by atoms with E-state index in [0.717, 1.165) is 4.90 Å². The van der Waals surface area contributed by atoms with Crippen LogP contribution in [0.15, 0.2) is 24.3 Å². The third-order valence-corrected chi connectivity index (χ3v) is 3.27. The summed E-state index contributed by atoms with van der Waals surface area (Å²) in [6.07, 6.45) is 0. The molecular weight excluding hydrogens is 346 g/mol. The summed E-state index contributed by atoms with van der Waals surface area (Å²) in [5.74, 6) is -4.22. The summed E-state index contributed by atoms with van der Waals surface area (Å²) >= 11 is 0. The highest BCUT2D eigenvalue weighted by atomic mass is 35.5. The van der Waals surface area contributed by atoms with Gasteiger partial charge in [-0.2, -0.15) is 0 Å². The second-order valence-corrected chi connectivity index (χ2v) is 5.08. The Balaban J connectivity index is 0.00000288. The van der Waals surface area contributed by atoms with Crippen LogP contribution in [0.25, 0.3) is 0 Å². The Morgan fingerprint density at radius 1 is 1.38 bits per heavy atom. The number of carbonyl (C=O) groups is 3. The molecule has 1 aliphatic heterocycles. The van der Waals surface area contributed by atoms with Crippen molar-refractivity contribution in [3.05, 3.63) is 35.4 Å². The molecule has 0 aliphatic carbocycles. The summed E-state index contributed by atoms with van der Waals surface area (Å²) in [4.78, 5) is 35.9. The highest BCUT2D eigenvalue weighted by Crippen LogP contribution is 2.12. The molecule has 7 nitrogen and oxygen atoms in total. The number of urea groups is 1. The number of rotatable bonds is 6. The van der Waals surface area contributed by atoms with Crippen molar-refractivity contribution in [2.24, 2.45) is 5.73 Å². The fourth-order valence-electron chi connectivity index (χ4n) is 1.99. The van der Waals surface area contributed by atoms with Gasteiger partial charge in [0.05, 0.1) is 26.2 Å². The third-order valence-electron chi connectivity index (χ3n) is 3.27. The van der Waals surface area contributed by atoms with Crippen molar-refractivity contribution in [2.75, 3.05) is 19.6 Å². The van der Waals surface area contributed by atoms with Crippen LogP contribution in [0.3, 0.4) is 0 Å². The summed E-state index contributed by atoms with van der Waals surface area (Å²) in [5, 5.41) is 4.48. The maximum absolute atomic E-state index is 13.0. The smallest absolute Gasteiger partial charge is 0.324 e. The van der Waals surface area contributed by atoms with E-state index in [0.29, 0.717) is 5.56 Å². The second kappa shape index (κ2) is 8.02. The van der Waals surface area contributed by atoms with Crippen molar-refractivity contribution in [3.8, 4) is 0 Å². The summed E-state index contributed by atoms with van der Waals surface area (Å²) in [6, 6.07) is 5.56. The molecule has 0 aromatic heterocycles. The molecule has 1 aromatic rings. The molecule has 0 radical (unpaired) electrons. The molecule has 0 spiro atoms. The molecule has 1 fully saturated rings. The minimum atomic E-state index is -3.17. The van der Waals surface area contributed by atoms with Gasteiger partial charge in [-0.3, -0.25) is 14.5 Å². The van der Waals surface area contributed by atoms with E-state index in [9.17, 15) is 23.2 Å². The van der Waals surface area contributed by atoms with Gasteiger partial charge in [-0.1, -0.05) is 12.1 Å². The molecule has 4 amide bonds. The lowest BCUT2D eigenvalue weighted by Crippen LogP contribution is -2.41. The monoisotopic (exact) mass is 362 g/mol. The van der Waals surface area contributed by atoms with Crippen LogP contribution in [-0.4, -0.2) is 48.3 Å². The van der Waals surface area contributed by atoms with Crippen LogP contribution < -0.4 is 16.4 Å². The van der Waals surface area contributed by atoms with Gasteiger partial charge in [0.1, 0.15) is 0 Å². The number of amides is 4. The summed E-state index contributed by atoms with van der Waals surface area (Å²) in [5.41, 5.74) is 5.59. The molecule has 1 heterocycles. The van der Waals surface area contributed by atoms with E-state index >= 15 is 0 Å². The number of imide groups is 1. The lowest BCUT2D eigenvalue weighted by atomic mass is 10.1. The third kappa shape index (κ3) is 4.87. The largest absolute Gasteiger partial charge is 0.346 e. The van der Waals surface area contributed by atoms with Gasteiger partial charge in [0, 0.05) is 5.56 Å². The van der Waals surface area contributed by atoms with Gasteiger partial charge in [0.15, 0.2) is 0 Å². The highest BCUT2D eigenvalue weighted by Gasteiger charge is 2.29. The predicted octanol–water partition coefficient (Wildman–Crippen LogP) is 0.484. The number of nitrogens with two attached hydrogens (primary N) is 1. The van der Waals surface area contributed by atoms with E-state index in [1.807, 2.05) is 0 Å². The van der Waals surface area contributed by atoms with Crippen molar-refractivity contribution >= 4 is 30.3 Å². The molecule has 1 aromatic carbocycles. The molecule has 1 aliphatic rings. The molecule has 0 unspecified atom stereocenters. The number of hydrogen-bond donors (Lipinski definition) is 3. The molecule has 0 bridgehead atoms. The first-order valence-corrected chi connectivity index (χ1v) is 6.85. The first-order chi connectivity index (χ1) is 10.8. The van der Waals surface area contributed by atoms with E-state index in [1.165, 1.54) is 12.1 Å². The first-order valence-electron chi connectivity index (χ1n) is 6.85. The topological polar surface area (TPSA) is 105 Å². The number of benzene rings is 1. The molecule has 0 saturated carbocycles. The number of nitrogens with one attached hydrogen (secondary N) is 2. The molecular formula is C14H17ClF2N4O3. The average molecular weight is 363 g/mol. The van der Waals surface area contributed by atoms with Crippen molar-refractivity contribution in [2.45, 2.75) is 12.5 Å². The Morgan fingerprint density at radius 3 is 2.67 bits per heavy atom. The van der Waals surface area contributed by atoms with Gasteiger partial charge < -0.3 is 16.4 Å². The van der Waals surface area contributed by atoms with Gasteiger partial charge in [0.2, 0.25) is 5.91 Å². The molecule has 2 rings (SSSR count). The van der Waals surface area contributed by atoms with Gasteiger partial charge >= 0.3 is 6.03 Å². The van der Waals surface area contributed by atoms with Crippen molar-refractivity contribution in [1.82, 2.24) is 15.5 Å². The van der Waals surface area contributed by atoms with E-state index in [1.54, 1.807) is 12.1 Å². The summed E-state index contributed by atoms with van der Waals surface area (Å²) in [7, 11) is 0. The summed E-state index contributed by atoms with van der Waals surface area (Å²) in [6.45, 7) is -1.78. The van der Waals surface area contributed by atoms with E-state index in [2.05, 4.69) is 10.6 Å². The van der Waals surface area contributed by atoms with Crippen LogP contribution in [0.1, 0.15) is 15.9 Å². The lowest BCUT2D eigenvalue weighted by Gasteiger charge is -2.15. The van der Waals surface area contributed by atoms with Crippen LogP contribution in [0.2, 0.25) is 0 Å². The standard InChI is InChI=1S/C14H16F2N4O3.ClH/c15-14(16,7-17)8-19-12(22)10-3-1-2-9(4-10)6-20-11(21)5-18-13(20)23;/h1-4H,5-8,17H2,(H,18,23)(H,19,22);1H. The van der Waals surface area contributed by atoms with E-state index < -0.39 is 31.0 Å². The van der Waals surface area contributed by atoms with Gasteiger partial charge in [-0.25, -0.2) is 13.6 Å². The van der Waals surface area contributed by atoms with Gasteiger partial charge in [-0.05, 0) is 17.7 Å². The fourth-order valence-corrected chi connectivity index (χ4v) is 1.99. The van der Waals surface area contributed by atoms with Crippen LogP contribution in [0.4, 0.5) is 13.6 Å². The molecule has 132 valence electrons. The molecule has 10 heteroatoms. The predicted molar refractivity (Wildman–Crippen MR) is 84.0 cm³/mol. The van der Waals surface area contributed by atoms with Gasteiger partial charge in [-0.15, -0.1) is 12.4 Å². The Kier molecular flexibility index (Phi) is 6.61. The van der Waals surface area contributed by atoms with Crippen molar-refractivity contribution < 1.29 is 23.2 Å². The molecule has 1 saturated heterocycles. The highest BCUT2D eigenvalue weighted by molar-refractivity contribution is 6.02. The van der Waals surface area contributed by atoms with E-state index in [-0.39, 0.29) is 37.0 Å². The van der Waals surface area contributed by atoms with E-state index in [4.69, 9.17) is 5.73 Å². The molecule has 4 N–H and O–H groups in total. The Bertz CT molecular complexity index is 626. The zero-order valence-corrected chi connectivity index (χ0v) is 13.4. The average Bonchev–Trinajstić information content (AvgIpc) is 2.85. The maximum Gasteiger partial charge on any atom is 0.324 e. The molecule has 24 heavy (non-hydrogen) atoms. The van der Waals surface area contributed by atoms with Crippen molar-refractivity contribution in [1.29, 1.82) is 0 Å². The number of carbonyl (C=O) groups excluding carboxylic acids is 3. The maximum atomic E-state index is 13.0. The van der Waals surface area contributed by atoms with Crippen LogP contribution in [0.5, 0.6) is 0 Å². The van der Waals surface area contributed by atoms with Crippen molar-refractivity contribution in [3.63, 3.8) is 0 Å². The number of nitrogens with zero attached hydrogens (tertiary/aromatic N) is 1. The number of alkyl halides is 2. The fraction of sp³-hybridized carbons (Fsp3) is 0.357. The SMILES string of the molecule is Cl.NCC(F)(F)CNC(=O)c1cccc(CN2C(=O)CNC2=O)c1. The zero-order valence-electron chi connectivity index (χ0n) is 12.6. The minimum Gasteiger partial charge on any atom is -0.346 e. The number of halogens is 3. The lowest BCUT2D eigenvalue weighted by molar-refractivity contribution is -0.125. The van der Waals surface area contributed by atoms with Gasteiger partial charge in [0.25, 0.3) is 11.8 Å². The minimum absolute atomic E-state index is 0. The van der Waals surface area contributed by atoms with Crippen LogP contribution in [-0.2, 0) is 11.3 Å². The zero-order chi connectivity index (χ0) is 17.0. The normalized spacial score (nSPS) is 14.2. The summed E-state index contributed by atoms with van der Waals surface area (Å²) < 4.78 is 26.1. The van der Waals surface area contributed by atoms with Crippen LogP contribution in [0, 0.1) is 0 Å². The second-order valence-electron chi connectivity index (χ2n) is 5.08. The number of hydrogen-bond acceptors (Lipinski definition) is 4. The molecule has 0 atom stereocenters. The quantitative estimate of drug-likeness (QED) is 0.640. The Morgan fingerprint density at radius 2 is 2.08 bits per heavy atom. The van der Waals surface area contributed by atoms with Crippen LogP contribution >= 0.6 is 12.4 Å². The first kappa shape index (κ1) is 19.8. The Hall–Kier alpha value is -2.26. The Labute approximate surface area is 143 Å².